The van der Waals surface area contributed by atoms with E-state index in [1.54, 1.807) is 6.92 Å². The first-order chi connectivity index (χ1) is 10.7. The zero-order valence-corrected chi connectivity index (χ0v) is 14.4. The van der Waals surface area contributed by atoms with Gasteiger partial charge in [0.05, 0.1) is 17.2 Å². The second-order valence-electron chi connectivity index (χ2n) is 6.32. The van der Waals surface area contributed by atoms with E-state index in [0.717, 1.165) is 10.7 Å². The standard InChI is InChI=1S/C16H19N3O3S/c1-10-7-11(5-6-12(10)19(21)22)15(20)17-8-14-18-13(9-23-14)16(2,3)4/h5-7,9H,8H2,1-4H3,(H,17,20). The van der Waals surface area contributed by atoms with E-state index >= 15 is 0 Å². The summed E-state index contributed by atoms with van der Waals surface area (Å²) in [6, 6.07) is 4.34. The summed E-state index contributed by atoms with van der Waals surface area (Å²) in [6.45, 7) is 8.22. The Morgan fingerprint density at radius 3 is 2.61 bits per heavy atom. The fourth-order valence-corrected chi connectivity index (χ4v) is 2.96. The summed E-state index contributed by atoms with van der Waals surface area (Å²) < 4.78 is 0. The van der Waals surface area contributed by atoms with Crippen LogP contribution in [0.25, 0.3) is 0 Å². The number of benzene rings is 1. The molecule has 0 fully saturated rings. The van der Waals surface area contributed by atoms with Crippen LogP contribution in [0.5, 0.6) is 0 Å². The monoisotopic (exact) mass is 333 g/mol. The van der Waals surface area contributed by atoms with Crippen molar-refractivity contribution in [3.05, 3.63) is 55.5 Å². The first-order valence-electron chi connectivity index (χ1n) is 7.16. The molecule has 2 rings (SSSR count). The minimum atomic E-state index is -0.458. The van der Waals surface area contributed by atoms with Crippen molar-refractivity contribution >= 4 is 22.9 Å². The molecule has 0 radical (unpaired) electrons. The molecule has 7 heteroatoms. The van der Waals surface area contributed by atoms with Crippen LogP contribution in [0, 0.1) is 17.0 Å². The number of nitrogens with zero attached hydrogens (tertiary/aromatic N) is 2. The molecule has 0 aliphatic rings. The number of aryl methyl sites for hydroxylation is 1. The van der Waals surface area contributed by atoms with Crippen LogP contribution in [0.15, 0.2) is 23.6 Å². The van der Waals surface area contributed by atoms with Crippen LogP contribution in [0.3, 0.4) is 0 Å². The van der Waals surface area contributed by atoms with Crippen LogP contribution in [0.1, 0.15) is 47.4 Å². The van der Waals surface area contributed by atoms with Gasteiger partial charge in [0.2, 0.25) is 0 Å². The number of rotatable bonds is 4. The van der Waals surface area contributed by atoms with Gasteiger partial charge in [-0.2, -0.15) is 0 Å². The molecule has 1 aromatic carbocycles. The number of nitrogens with one attached hydrogen (secondary N) is 1. The van der Waals surface area contributed by atoms with Crippen molar-refractivity contribution in [2.24, 2.45) is 0 Å². The van der Waals surface area contributed by atoms with Crippen molar-refractivity contribution in [1.29, 1.82) is 0 Å². The van der Waals surface area contributed by atoms with Gasteiger partial charge in [-0.05, 0) is 19.1 Å². The van der Waals surface area contributed by atoms with E-state index in [1.807, 2.05) is 5.38 Å². The van der Waals surface area contributed by atoms with Crippen molar-refractivity contribution in [3.8, 4) is 0 Å². The Kier molecular flexibility index (Phi) is 4.79. The predicted molar refractivity (Wildman–Crippen MR) is 89.8 cm³/mol. The summed E-state index contributed by atoms with van der Waals surface area (Å²) in [5, 5.41) is 16.4. The lowest BCUT2D eigenvalue weighted by Gasteiger charge is -2.14. The molecule has 0 saturated heterocycles. The lowest BCUT2D eigenvalue weighted by Crippen LogP contribution is -2.23. The molecule has 6 nitrogen and oxygen atoms in total. The third-order valence-electron chi connectivity index (χ3n) is 3.38. The Balaban J connectivity index is 2.04. The molecule has 1 N–H and O–H groups in total. The van der Waals surface area contributed by atoms with Gasteiger partial charge < -0.3 is 5.32 Å². The van der Waals surface area contributed by atoms with Crippen molar-refractivity contribution in [2.75, 3.05) is 0 Å². The Hall–Kier alpha value is -2.28. The van der Waals surface area contributed by atoms with Crippen molar-refractivity contribution in [1.82, 2.24) is 10.3 Å². The molecule has 122 valence electrons. The minimum absolute atomic E-state index is 0.0105. The van der Waals surface area contributed by atoms with Crippen LogP contribution in [0.2, 0.25) is 0 Å². The van der Waals surface area contributed by atoms with E-state index in [1.165, 1.54) is 29.5 Å². The molecule has 1 heterocycles. The third-order valence-corrected chi connectivity index (χ3v) is 4.22. The van der Waals surface area contributed by atoms with Gasteiger partial charge >= 0.3 is 0 Å². The van der Waals surface area contributed by atoms with E-state index in [0.29, 0.717) is 17.7 Å². The van der Waals surface area contributed by atoms with E-state index in [2.05, 4.69) is 31.1 Å². The first kappa shape index (κ1) is 17.1. The summed E-state index contributed by atoms with van der Waals surface area (Å²) in [5.41, 5.74) is 1.86. The number of nitro benzene ring substituents is 1. The Bertz CT molecular complexity index is 747. The van der Waals surface area contributed by atoms with Gasteiger partial charge in [0.25, 0.3) is 11.6 Å². The Morgan fingerprint density at radius 1 is 1.39 bits per heavy atom. The summed E-state index contributed by atoms with van der Waals surface area (Å²) >= 11 is 1.51. The Labute approximate surface area is 138 Å². The molecule has 23 heavy (non-hydrogen) atoms. The largest absolute Gasteiger partial charge is 0.346 e. The van der Waals surface area contributed by atoms with Crippen LogP contribution in [-0.2, 0) is 12.0 Å². The highest BCUT2D eigenvalue weighted by Crippen LogP contribution is 2.24. The topological polar surface area (TPSA) is 85.1 Å². The van der Waals surface area contributed by atoms with Crippen LogP contribution < -0.4 is 5.32 Å². The molecule has 1 aromatic heterocycles. The third kappa shape index (κ3) is 4.13. The van der Waals surface area contributed by atoms with E-state index in [-0.39, 0.29) is 17.0 Å². The maximum absolute atomic E-state index is 12.2. The molecular weight excluding hydrogens is 314 g/mol. The first-order valence-corrected chi connectivity index (χ1v) is 8.04. The fourth-order valence-electron chi connectivity index (χ4n) is 2.00. The van der Waals surface area contributed by atoms with Gasteiger partial charge in [-0.15, -0.1) is 11.3 Å². The zero-order valence-electron chi connectivity index (χ0n) is 13.5. The van der Waals surface area contributed by atoms with Crippen molar-refractivity contribution < 1.29 is 9.72 Å². The summed E-state index contributed by atoms with van der Waals surface area (Å²) in [4.78, 5) is 27.0. The zero-order chi connectivity index (χ0) is 17.2. The molecule has 0 spiro atoms. The SMILES string of the molecule is Cc1cc(C(=O)NCc2nc(C(C)(C)C)cs2)ccc1[N+](=O)[O-]. The van der Waals surface area contributed by atoms with Gasteiger partial charge in [-0.25, -0.2) is 4.98 Å². The number of hydrogen-bond donors (Lipinski definition) is 1. The van der Waals surface area contributed by atoms with E-state index in [4.69, 9.17) is 0 Å². The summed E-state index contributed by atoms with van der Waals surface area (Å²) in [6.07, 6.45) is 0. The molecule has 0 aliphatic carbocycles. The molecule has 0 atom stereocenters. The minimum Gasteiger partial charge on any atom is -0.346 e. The molecule has 0 aliphatic heterocycles. The number of nitro groups is 1. The van der Waals surface area contributed by atoms with E-state index < -0.39 is 4.92 Å². The lowest BCUT2D eigenvalue weighted by molar-refractivity contribution is -0.385. The maximum Gasteiger partial charge on any atom is 0.272 e. The number of hydrogen-bond acceptors (Lipinski definition) is 5. The van der Waals surface area contributed by atoms with Crippen LogP contribution >= 0.6 is 11.3 Å². The highest BCUT2D eigenvalue weighted by Gasteiger charge is 2.18. The van der Waals surface area contributed by atoms with E-state index in [9.17, 15) is 14.9 Å². The number of thiazole rings is 1. The van der Waals surface area contributed by atoms with Gasteiger partial charge in [0.1, 0.15) is 5.01 Å². The smallest absolute Gasteiger partial charge is 0.272 e. The second-order valence-corrected chi connectivity index (χ2v) is 7.26. The average Bonchev–Trinajstić information content (AvgIpc) is 2.93. The van der Waals surface area contributed by atoms with Crippen LogP contribution in [0.4, 0.5) is 5.69 Å². The number of aromatic nitrogens is 1. The Morgan fingerprint density at radius 2 is 2.09 bits per heavy atom. The van der Waals surface area contributed by atoms with Crippen LogP contribution in [-0.4, -0.2) is 15.8 Å². The van der Waals surface area contributed by atoms with Gasteiger partial charge in [0.15, 0.2) is 0 Å². The number of carbonyl (C=O) groups is 1. The normalized spacial score (nSPS) is 11.3. The number of amides is 1. The highest BCUT2D eigenvalue weighted by atomic mass is 32.1. The molecule has 0 unspecified atom stereocenters. The van der Waals surface area contributed by atoms with Crippen molar-refractivity contribution in [3.63, 3.8) is 0 Å². The molecule has 2 aromatic rings. The summed E-state index contributed by atoms with van der Waals surface area (Å²) in [5.74, 6) is -0.268. The molecule has 1 amide bonds. The van der Waals surface area contributed by atoms with Crippen molar-refractivity contribution in [2.45, 2.75) is 39.7 Å². The average molecular weight is 333 g/mol. The summed E-state index contributed by atoms with van der Waals surface area (Å²) in [7, 11) is 0. The quantitative estimate of drug-likeness (QED) is 0.684. The number of carbonyl (C=O) groups excluding carboxylic acids is 1. The van der Waals surface area contributed by atoms with Gasteiger partial charge in [-0.1, -0.05) is 20.8 Å². The lowest BCUT2D eigenvalue weighted by atomic mass is 9.93. The highest BCUT2D eigenvalue weighted by molar-refractivity contribution is 7.09. The van der Waals surface area contributed by atoms with Gasteiger partial charge in [-0.3, -0.25) is 14.9 Å². The molecular formula is C16H19N3O3S. The van der Waals surface area contributed by atoms with Gasteiger partial charge in [0, 0.05) is 28.0 Å². The molecule has 0 saturated carbocycles. The second kappa shape index (κ2) is 6.45. The molecule has 0 bridgehead atoms. The predicted octanol–water partition coefficient (Wildman–Crippen LogP) is 3.59. The fraction of sp³-hybridized carbons (Fsp3) is 0.375. The maximum atomic E-state index is 12.2.